The summed E-state index contributed by atoms with van der Waals surface area (Å²) in [5, 5.41) is 0. The van der Waals surface area contributed by atoms with E-state index in [1.54, 1.807) is 14.2 Å². The van der Waals surface area contributed by atoms with Gasteiger partial charge in [-0.25, -0.2) is 0 Å². The molecule has 2 aromatic rings. The van der Waals surface area contributed by atoms with Crippen molar-refractivity contribution in [3.63, 3.8) is 0 Å². The molecule has 2 aromatic carbocycles. The Labute approximate surface area is 138 Å². The van der Waals surface area contributed by atoms with E-state index in [1.807, 2.05) is 12.1 Å². The van der Waals surface area contributed by atoms with Crippen molar-refractivity contribution >= 4 is 5.69 Å². The number of rotatable bonds is 5. The van der Waals surface area contributed by atoms with E-state index in [0.717, 1.165) is 49.9 Å². The molecule has 0 radical (unpaired) electrons. The first-order valence-corrected chi connectivity index (χ1v) is 8.04. The van der Waals surface area contributed by atoms with Gasteiger partial charge in [0.05, 0.1) is 19.9 Å². The molecule has 23 heavy (non-hydrogen) atoms. The number of para-hydroxylation sites is 1. The SMILES string of the molecule is COc1cccc(N2CCN(Cc3ccccc3)CC2)c1OC. The van der Waals surface area contributed by atoms with Gasteiger partial charge in [-0.3, -0.25) is 4.90 Å². The molecule has 0 unspecified atom stereocenters. The van der Waals surface area contributed by atoms with Gasteiger partial charge in [-0.05, 0) is 17.7 Å². The van der Waals surface area contributed by atoms with Gasteiger partial charge in [0.15, 0.2) is 11.5 Å². The minimum Gasteiger partial charge on any atom is -0.493 e. The van der Waals surface area contributed by atoms with Crippen LogP contribution in [0.3, 0.4) is 0 Å². The molecule has 1 fully saturated rings. The first-order valence-electron chi connectivity index (χ1n) is 8.04. The highest BCUT2D eigenvalue weighted by molar-refractivity contribution is 5.65. The normalized spacial score (nSPS) is 15.5. The van der Waals surface area contributed by atoms with E-state index in [9.17, 15) is 0 Å². The monoisotopic (exact) mass is 312 g/mol. The van der Waals surface area contributed by atoms with Crippen molar-refractivity contribution < 1.29 is 9.47 Å². The van der Waals surface area contributed by atoms with Crippen molar-refractivity contribution in [1.82, 2.24) is 4.90 Å². The smallest absolute Gasteiger partial charge is 0.184 e. The molecule has 3 rings (SSSR count). The van der Waals surface area contributed by atoms with Crippen LogP contribution in [-0.4, -0.2) is 45.3 Å². The van der Waals surface area contributed by atoms with E-state index in [4.69, 9.17) is 9.47 Å². The van der Waals surface area contributed by atoms with Crippen LogP contribution in [-0.2, 0) is 6.54 Å². The van der Waals surface area contributed by atoms with Crippen molar-refractivity contribution in [3.8, 4) is 11.5 Å². The predicted molar refractivity (Wildman–Crippen MR) is 93.5 cm³/mol. The van der Waals surface area contributed by atoms with Crippen molar-refractivity contribution in [2.24, 2.45) is 0 Å². The van der Waals surface area contributed by atoms with Crippen LogP contribution in [0.2, 0.25) is 0 Å². The number of anilines is 1. The van der Waals surface area contributed by atoms with Crippen molar-refractivity contribution in [2.75, 3.05) is 45.3 Å². The third-order valence-corrected chi connectivity index (χ3v) is 4.34. The number of piperazine rings is 1. The molecule has 0 aliphatic carbocycles. The van der Waals surface area contributed by atoms with Crippen LogP contribution >= 0.6 is 0 Å². The Balaban J connectivity index is 1.65. The Bertz CT molecular complexity index is 623. The standard InChI is InChI=1S/C19H24N2O2/c1-22-18-10-6-9-17(19(18)23-2)21-13-11-20(12-14-21)15-16-7-4-3-5-8-16/h3-10H,11-15H2,1-2H3. The summed E-state index contributed by atoms with van der Waals surface area (Å²) < 4.78 is 11.0. The van der Waals surface area contributed by atoms with Crippen LogP contribution in [0.4, 0.5) is 5.69 Å². The topological polar surface area (TPSA) is 24.9 Å². The molecule has 0 amide bonds. The quantitative estimate of drug-likeness (QED) is 0.847. The molecule has 0 N–H and O–H groups in total. The Kier molecular flexibility index (Phi) is 5.03. The molecule has 4 heteroatoms. The van der Waals surface area contributed by atoms with Gasteiger partial charge < -0.3 is 14.4 Å². The fraction of sp³-hybridized carbons (Fsp3) is 0.368. The van der Waals surface area contributed by atoms with Crippen LogP contribution in [0.1, 0.15) is 5.56 Å². The van der Waals surface area contributed by atoms with Crippen LogP contribution in [0.5, 0.6) is 11.5 Å². The lowest BCUT2D eigenvalue weighted by Gasteiger charge is -2.36. The van der Waals surface area contributed by atoms with Gasteiger partial charge in [-0.2, -0.15) is 0 Å². The van der Waals surface area contributed by atoms with E-state index >= 15 is 0 Å². The first-order chi connectivity index (χ1) is 11.3. The van der Waals surface area contributed by atoms with Crippen LogP contribution < -0.4 is 14.4 Å². The van der Waals surface area contributed by atoms with Crippen molar-refractivity contribution in [2.45, 2.75) is 6.54 Å². The minimum atomic E-state index is 0.789. The highest BCUT2D eigenvalue weighted by atomic mass is 16.5. The van der Waals surface area contributed by atoms with Crippen LogP contribution in [0.15, 0.2) is 48.5 Å². The molecule has 0 atom stereocenters. The van der Waals surface area contributed by atoms with Gasteiger partial charge in [-0.15, -0.1) is 0 Å². The number of hydrogen-bond donors (Lipinski definition) is 0. The molecule has 122 valence electrons. The second kappa shape index (κ2) is 7.38. The lowest BCUT2D eigenvalue weighted by molar-refractivity contribution is 0.249. The number of methoxy groups -OCH3 is 2. The van der Waals surface area contributed by atoms with E-state index in [0.29, 0.717) is 0 Å². The Morgan fingerprint density at radius 2 is 1.57 bits per heavy atom. The maximum atomic E-state index is 5.56. The number of benzene rings is 2. The Morgan fingerprint density at radius 1 is 0.826 bits per heavy atom. The summed E-state index contributed by atoms with van der Waals surface area (Å²) in [6, 6.07) is 16.7. The molecule has 1 heterocycles. The number of nitrogens with zero attached hydrogens (tertiary/aromatic N) is 2. The zero-order valence-corrected chi connectivity index (χ0v) is 13.9. The summed E-state index contributed by atoms with van der Waals surface area (Å²) in [6.07, 6.45) is 0. The van der Waals surface area contributed by atoms with Gasteiger partial charge in [0.25, 0.3) is 0 Å². The lowest BCUT2D eigenvalue weighted by atomic mass is 10.2. The highest BCUT2D eigenvalue weighted by Crippen LogP contribution is 2.37. The second-order valence-electron chi connectivity index (χ2n) is 5.76. The van der Waals surface area contributed by atoms with E-state index in [1.165, 1.54) is 5.56 Å². The molecule has 1 aliphatic heterocycles. The molecule has 0 aromatic heterocycles. The summed E-state index contributed by atoms with van der Waals surface area (Å²) in [4.78, 5) is 4.88. The van der Waals surface area contributed by atoms with E-state index in [2.05, 4.69) is 46.2 Å². The summed E-state index contributed by atoms with van der Waals surface area (Å²) >= 11 is 0. The van der Waals surface area contributed by atoms with Crippen LogP contribution in [0, 0.1) is 0 Å². The summed E-state index contributed by atoms with van der Waals surface area (Å²) in [7, 11) is 3.38. The molecule has 0 bridgehead atoms. The fourth-order valence-electron chi connectivity index (χ4n) is 3.11. The first kappa shape index (κ1) is 15.7. The average Bonchev–Trinajstić information content (AvgIpc) is 2.62. The number of hydrogen-bond acceptors (Lipinski definition) is 4. The maximum absolute atomic E-state index is 5.56. The fourth-order valence-corrected chi connectivity index (χ4v) is 3.11. The van der Waals surface area contributed by atoms with E-state index < -0.39 is 0 Å². The maximum Gasteiger partial charge on any atom is 0.184 e. The molecule has 1 aliphatic rings. The predicted octanol–water partition coefficient (Wildman–Crippen LogP) is 3.03. The van der Waals surface area contributed by atoms with Gasteiger partial charge in [0, 0.05) is 32.7 Å². The van der Waals surface area contributed by atoms with Crippen molar-refractivity contribution in [1.29, 1.82) is 0 Å². The zero-order chi connectivity index (χ0) is 16.1. The van der Waals surface area contributed by atoms with Gasteiger partial charge in [0.2, 0.25) is 0 Å². The molecule has 1 saturated heterocycles. The summed E-state index contributed by atoms with van der Waals surface area (Å²) in [5.41, 5.74) is 2.49. The minimum absolute atomic E-state index is 0.789. The van der Waals surface area contributed by atoms with Crippen molar-refractivity contribution in [3.05, 3.63) is 54.1 Å². The molecular weight excluding hydrogens is 288 g/mol. The largest absolute Gasteiger partial charge is 0.493 e. The summed E-state index contributed by atoms with van der Waals surface area (Å²) in [5.74, 6) is 1.61. The van der Waals surface area contributed by atoms with E-state index in [-0.39, 0.29) is 0 Å². The Morgan fingerprint density at radius 3 is 2.22 bits per heavy atom. The Hall–Kier alpha value is -2.20. The third kappa shape index (κ3) is 3.59. The summed E-state index contributed by atoms with van der Waals surface area (Å²) in [6.45, 7) is 5.11. The molecular formula is C19H24N2O2. The van der Waals surface area contributed by atoms with Gasteiger partial charge in [0.1, 0.15) is 0 Å². The number of ether oxygens (including phenoxy) is 2. The van der Waals surface area contributed by atoms with Crippen LogP contribution in [0.25, 0.3) is 0 Å². The molecule has 0 saturated carbocycles. The lowest BCUT2D eigenvalue weighted by Crippen LogP contribution is -2.46. The highest BCUT2D eigenvalue weighted by Gasteiger charge is 2.21. The average molecular weight is 312 g/mol. The van der Waals surface area contributed by atoms with Gasteiger partial charge >= 0.3 is 0 Å². The van der Waals surface area contributed by atoms with Gasteiger partial charge in [-0.1, -0.05) is 36.4 Å². The molecule has 0 spiro atoms. The third-order valence-electron chi connectivity index (χ3n) is 4.34. The second-order valence-corrected chi connectivity index (χ2v) is 5.76. The zero-order valence-electron chi connectivity index (χ0n) is 13.9. The molecule has 4 nitrogen and oxygen atoms in total.